The number of anilines is 2. The van der Waals surface area contributed by atoms with Gasteiger partial charge in [0.1, 0.15) is 34.7 Å². The number of nitriles is 1. The van der Waals surface area contributed by atoms with Crippen LogP contribution in [0.5, 0.6) is 23.1 Å². The molecule has 0 aliphatic carbocycles. The molecule has 0 fully saturated rings. The Balaban J connectivity index is 1.87. The first-order valence-electron chi connectivity index (χ1n) is 9.20. The van der Waals surface area contributed by atoms with Crippen molar-refractivity contribution in [1.29, 1.82) is 5.26 Å². The van der Waals surface area contributed by atoms with Crippen LogP contribution in [0, 0.1) is 11.3 Å². The molecule has 5 rings (SSSR count). The minimum Gasteiger partial charge on any atom is -0.507 e. The van der Waals surface area contributed by atoms with E-state index in [1.807, 2.05) is 24.3 Å². The van der Waals surface area contributed by atoms with Gasteiger partial charge in [-0.05, 0) is 12.1 Å². The maximum absolute atomic E-state index is 11.1. The SMILES string of the molecule is N#Cc1c(N)nc2c(c1N)C(c1ccc3c(O)cccc3c1O)c1ccccc1O2. The summed E-state index contributed by atoms with van der Waals surface area (Å²) in [4.78, 5) is 4.26. The second-order valence-corrected chi connectivity index (χ2v) is 7.06. The fourth-order valence-corrected chi connectivity index (χ4v) is 4.06. The summed E-state index contributed by atoms with van der Waals surface area (Å²) in [6.07, 6.45) is 0. The van der Waals surface area contributed by atoms with Gasteiger partial charge in [0.05, 0.1) is 11.3 Å². The Labute approximate surface area is 171 Å². The third kappa shape index (κ3) is 2.34. The lowest BCUT2D eigenvalue weighted by Crippen LogP contribution is -2.17. The average molecular weight is 396 g/mol. The Morgan fingerprint density at radius 2 is 1.73 bits per heavy atom. The third-order valence-corrected chi connectivity index (χ3v) is 5.46. The number of phenols is 2. The van der Waals surface area contributed by atoms with Crippen molar-refractivity contribution in [2.24, 2.45) is 0 Å². The molecule has 3 aromatic carbocycles. The van der Waals surface area contributed by atoms with Crippen LogP contribution in [0.3, 0.4) is 0 Å². The molecule has 0 spiro atoms. The minimum absolute atomic E-state index is 0.00536. The summed E-state index contributed by atoms with van der Waals surface area (Å²) in [6, 6.07) is 17.8. The zero-order chi connectivity index (χ0) is 21.0. The Kier molecular flexibility index (Phi) is 3.70. The molecule has 2 heterocycles. The molecule has 7 heteroatoms. The van der Waals surface area contributed by atoms with Crippen LogP contribution in [0.25, 0.3) is 10.8 Å². The van der Waals surface area contributed by atoms with Crippen molar-refractivity contribution in [1.82, 2.24) is 4.98 Å². The van der Waals surface area contributed by atoms with Crippen LogP contribution in [-0.2, 0) is 0 Å². The predicted octanol–water partition coefficient (Wildman–Crippen LogP) is 3.97. The molecule has 146 valence electrons. The van der Waals surface area contributed by atoms with Gasteiger partial charge >= 0.3 is 0 Å². The highest BCUT2D eigenvalue weighted by atomic mass is 16.5. The summed E-state index contributed by atoms with van der Waals surface area (Å²) in [5.41, 5.74) is 14.3. The number of hydrogen-bond acceptors (Lipinski definition) is 7. The summed E-state index contributed by atoms with van der Waals surface area (Å²) in [5, 5.41) is 31.8. The molecule has 0 amide bonds. The fourth-order valence-electron chi connectivity index (χ4n) is 4.06. The number of hydrogen-bond donors (Lipinski definition) is 4. The lowest BCUT2D eigenvalue weighted by molar-refractivity contribution is 0.430. The number of ether oxygens (including phenoxy) is 1. The summed E-state index contributed by atoms with van der Waals surface area (Å²) >= 11 is 0. The molecule has 0 saturated heterocycles. The number of para-hydroxylation sites is 1. The standard InChI is InChI=1S/C23H16N4O3/c24-10-15-20(25)19-18(13-4-1-2-7-17(13)30-23(19)27-22(15)26)14-9-8-11-12(21(14)29)5-3-6-16(11)28/h1-9,18,28-29H,(H4,25,26,27). The lowest BCUT2D eigenvalue weighted by atomic mass is 9.81. The van der Waals surface area contributed by atoms with Crippen molar-refractivity contribution in [3.05, 3.63) is 76.9 Å². The minimum atomic E-state index is -0.545. The second kappa shape index (κ2) is 6.29. The Hall–Kier alpha value is -4.44. The summed E-state index contributed by atoms with van der Waals surface area (Å²) < 4.78 is 5.93. The van der Waals surface area contributed by atoms with Gasteiger partial charge in [-0.25, -0.2) is 0 Å². The van der Waals surface area contributed by atoms with Gasteiger partial charge in [0.2, 0.25) is 5.88 Å². The van der Waals surface area contributed by atoms with E-state index in [9.17, 15) is 15.5 Å². The molecule has 4 aromatic rings. The van der Waals surface area contributed by atoms with Gasteiger partial charge in [0, 0.05) is 27.8 Å². The number of phenolic OH excluding ortho intramolecular Hbond substituents is 2. The number of rotatable bonds is 1. The van der Waals surface area contributed by atoms with Crippen molar-refractivity contribution in [2.75, 3.05) is 11.5 Å². The van der Waals surface area contributed by atoms with Crippen molar-refractivity contribution in [3.8, 4) is 29.2 Å². The van der Waals surface area contributed by atoms with E-state index in [-0.39, 0.29) is 34.4 Å². The molecule has 1 unspecified atom stereocenters. The number of fused-ring (bicyclic) bond motifs is 3. The first-order chi connectivity index (χ1) is 14.5. The Morgan fingerprint density at radius 1 is 0.933 bits per heavy atom. The van der Waals surface area contributed by atoms with E-state index >= 15 is 0 Å². The number of nitrogens with two attached hydrogens (primary N) is 2. The average Bonchev–Trinajstić information content (AvgIpc) is 2.74. The van der Waals surface area contributed by atoms with E-state index in [0.29, 0.717) is 27.6 Å². The Bertz CT molecular complexity index is 1390. The number of aromatic nitrogens is 1. The molecule has 6 N–H and O–H groups in total. The van der Waals surface area contributed by atoms with Gasteiger partial charge in [-0.15, -0.1) is 0 Å². The predicted molar refractivity (Wildman–Crippen MR) is 113 cm³/mol. The van der Waals surface area contributed by atoms with Crippen LogP contribution in [0.15, 0.2) is 54.6 Å². The molecule has 1 aromatic heterocycles. The van der Waals surface area contributed by atoms with E-state index in [4.69, 9.17) is 16.2 Å². The smallest absolute Gasteiger partial charge is 0.227 e. The van der Waals surface area contributed by atoms with Gasteiger partial charge in [0.25, 0.3) is 0 Å². The maximum atomic E-state index is 11.1. The van der Waals surface area contributed by atoms with Crippen LogP contribution in [-0.4, -0.2) is 15.2 Å². The fraction of sp³-hybridized carbons (Fsp3) is 0.0435. The van der Waals surface area contributed by atoms with Crippen molar-refractivity contribution in [2.45, 2.75) is 5.92 Å². The van der Waals surface area contributed by atoms with Gasteiger partial charge in [-0.1, -0.05) is 42.5 Å². The summed E-state index contributed by atoms with van der Waals surface area (Å²) in [5.74, 6) is 0.273. The quantitative estimate of drug-likeness (QED) is 0.336. The highest BCUT2D eigenvalue weighted by molar-refractivity contribution is 5.94. The number of aromatic hydroxyl groups is 2. The van der Waals surface area contributed by atoms with E-state index in [1.54, 1.807) is 36.4 Å². The normalized spacial score (nSPS) is 14.4. The molecule has 1 atom stereocenters. The van der Waals surface area contributed by atoms with Gasteiger partial charge in [-0.3, -0.25) is 0 Å². The monoisotopic (exact) mass is 396 g/mol. The number of benzene rings is 3. The van der Waals surface area contributed by atoms with Crippen LogP contribution in [0.4, 0.5) is 11.5 Å². The highest BCUT2D eigenvalue weighted by Gasteiger charge is 2.35. The topological polar surface area (TPSA) is 138 Å². The first-order valence-corrected chi connectivity index (χ1v) is 9.20. The molecule has 7 nitrogen and oxygen atoms in total. The third-order valence-electron chi connectivity index (χ3n) is 5.46. The van der Waals surface area contributed by atoms with Crippen LogP contribution in [0.2, 0.25) is 0 Å². The molecule has 1 aliphatic heterocycles. The highest BCUT2D eigenvalue weighted by Crippen LogP contribution is 2.52. The number of nitrogen functional groups attached to an aromatic ring is 2. The Morgan fingerprint density at radius 3 is 2.53 bits per heavy atom. The molecular weight excluding hydrogens is 380 g/mol. The van der Waals surface area contributed by atoms with E-state index in [2.05, 4.69) is 4.98 Å². The van der Waals surface area contributed by atoms with Crippen molar-refractivity contribution >= 4 is 22.3 Å². The summed E-state index contributed by atoms with van der Waals surface area (Å²) in [6.45, 7) is 0. The largest absolute Gasteiger partial charge is 0.507 e. The number of pyridine rings is 1. The van der Waals surface area contributed by atoms with Gasteiger partial charge in [-0.2, -0.15) is 10.2 Å². The molecule has 0 saturated carbocycles. The number of nitrogens with zero attached hydrogens (tertiary/aromatic N) is 2. The second-order valence-electron chi connectivity index (χ2n) is 7.06. The molecular formula is C23H16N4O3. The lowest BCUT2D eigenvalue weighted by Gasteiger charge is -2.30. The molecule has 0 bridgehead atoms. The van der Waals surface area contributed by atoms with Gasteiger partial charge in [0.15, 0.2) is 0 Å². The van der Waals surface area contributed by atoms with Crippen LogP contribution < -0.4 is 16.2 Å². The van der Waals surface area contributed by atoms with Crippen LogP contribution in [0.1, 0.15) is 28.2 Å². The zero-order valence-electron chi connectivity index (χ0n) is 15.6. The molecule has 1 aliphatic rings. The van der Waals surface area contributed by atoms with E-state index in [0.717, 1.165) is 5.56 Å². The zero-order valence-corrected chi connectivity index (χ0v) is 15.6. The van der Waals surface area contributed by atoms with E-state index < -0.39 is 5.92 Å². The van der Waals surface area contributed by atoms with Gasteiger partial charge < -0.3 is 26.4 Å². The first kappa shape index (κ1) is 17.6. The van der Waals surface area contributed by atoms with Crippen molar-refractivity contribution < 1.29 is 14.9 Å². The molecule has 0 radical (unpaired) electrons. The maximum Gasteiger partial charge on any atom is 0.227 e. The van der Waals surface area contributed by atoms with Crippen molar-refractivity contribution in [3.63, 3.8) is 0 Å². The summed E-state index contributed by atoms with van der Waals surface area (Å²) in [7, 11) is 0. The molecule has 30 heavy (non-hydrogen) atoms. The van der Waals surface area contributed by atoms with Crippen LogP contribution >= 0.6 is 0 Å². The van der Waals surface area contributed by atoms with E-state index in [1.165, 1.54) is 0 Å².